The molecule has 0 radical (unpaired) electrons. The summed E-state index contributed by atoms with van der Waals surface area (Å²) in [4.78, 5) is 11.9. The zero-order valence-corrected chi connectivity index (χ0v) is 12.4. The molecule has 1 aromatic rings. The summed E-state index contributed by atoms with van der Waals surface area (Å²) in [6.07, 6.45) is 0.614. The van der Waals surface area contributed by atoms with E-state index in [1.807, 2.05) is 0 Å². The molecule has 1 fully saturated rings. The van der Waals surface area contributed by atoms with Gasteiger partial charge in [-0.15, -0.1) is 23.2 Å². The van der Waals surface area contributed by atoms with Gasteiger partial charge in [0.1, 0.15) is 15.6 Å². The standard InChI is InChI=1S/C12H12Cl3NO3/c1-18-10-3-9(16)8(13)2-7(10)11(17)19-5-6-4-12(6,14)15/h2-3,6H,4-5,16H2,1H3. The summed E-state index contributed by atoms with van der Waals surface area (Å²) < 4.78 is 9.44. The molecule has 0 aliphatic heterocycles. The number of nitrogen functional groups attached to an aromatic ring is 1. The zero-order valence-electron chi connectivity index (χ0n) is 10.1. The first-order valence-electron chi connectivity index (χ1n) is 5.53. The Labute approximate surface area is 125 Å². The van der Waals surface area contributed by atoms with E-state index in [4.69, 9.17) is 50.0 Å². The van der Waals surface area contributed by atoms with Crippen LogP contribution in [0.3, 0.4) is 0 Å². The van der Waals surface area contributed by atoms with Gasteiger partial charge in [-0.1, -0.05) is 11.6 Å². The van der Waals surface area contributed by atoms with Crippen molar-refractivity contribution in [2.24, 2.45) is 5.92 Å². The highest BCUT2D eigenvalue weighted by atomic mass is 35.5. The summed E-state index contributed by atoms with van der Waals surface area (Å²) in [7, 11) is 1.43. The quantitative estimate of drug-likeness (QED) is 0.524. The number of esters is 1. The molecule has 104 valence electrons. The molecule has 1 atom stereocenters. The minimum absolute atomic E-state index is 0.0324. The highest BCUT2D eigenvalue weighted by molar-refractivity contribution is 6.50. The Morgan fingerprint density at radius 2 is 2.16 bits per heavy atom. The van der Waals surface area contributed by atoms with Gasteiger partial charge < -0.3 is 15.2 Å². The van der Waals surface area contributed by atoms with Crippen molar-refractivity contribution in [3.8, 4) is 5.75 Å². The molecule has 1 aliphatic carbocycles. The van der Waals surface area contributed by atoms with Gasteiger partial charge >= 0.3 is 5.97 Å². The van der Waals surface area contributed by atoms with E-state index in [9.17, 15) is 4.79 Å². The molecule has 0 saturated heterocycles. The monoisotopic (exact) mass is 323 g/mol. The lowest BCUT2D eigenvalue weighted by molar-refractivity contribution is 0.0482. The first-order chi connectivity index (χ1) is 8.85. The fourth-order valence-electron chi connectivity index (χ4n) is 1.60. The van der Waals surface area contributed by atoms with Crippen molar-refractivity contribution in [2.45, 2.75) is 10.8 Å². The van der Waals surface area contributed by atoms with Crippen molar-refractivity contribution in [3.05, 3.63) is 22.7 Å². The van der Waals surface area contributed by atoms with E-state index in [2.05, 4.69) is 0 Å². The number of carbonyl (C=O) groups is 1. The summed E-state index contributed by atoms with van der Waals surface area (Å²) in [5, 5.41) is 0.267. The second-order valence-electron chi connectivity index (χ2n) is 4.33. The Bertz CT molecular complexity index is 519. The van der Waals surface area contributed by atoms with Crippen LogP contribution in [0.5, 0.6) is 5.75 Å². The predicted octanol–water partition coefficient (Wildman–Crippen LogP) is 3.28. The molecule has 2 rings (SSSR count). The molecule has 2 N–H and O–H groups in total. The maximum atomic E-state index is 11.9. The van der Waals surface area contributed by atoms with Gasteiger partial charge in [0.2, 0.25) is 0 Å². The fraction of sp³-hybridized carbons (Fsp3) is 0.417. The lowest BCUT2D eigenvalue weighted by Crippen LogP contribution is -2.11. The maximum absolute atomic E-state index is 11.9. The third kappa shape index (κ3) is 3.19. The summed E-state index contributed by atoms with van der Waals surface area (Å²) in [5.74, 6) is -0.268. The SMILES string of the molecule is COc1cc(N)c(Cl)cc1C(=O)OCC1CC1(Cl)Cl. The van der Waals surface area contributed by atoms with E-state index in [0.717, 1.165) is 0 Å². The minimum atomic E-state index is -0.775. The number of alkyl halides is 2. The molecule has 19 heavy (non-hydrogen) atoms. The molecule has 4 nitrogen and oxygen atoms in total. The Balaban J connectivity index is 2.08. The molecule has 1 aliphatic rings. The average molecular weight is 325 g/mol. The fourth-order valence-corrected chi connectivity index (χ4v) is 2.26. The number of anilines is 1. The van der Waals surface area contributed by atoms with Crippen LogP contribution in [0, 0.1) is 5.92 Å². The van der Waals surface area contributed by atoms with Crippen molar-refractivity contribution < 1.29 is 14.3 Å². The van der Waals surface area contributed by atoms with Crippen molar-refractivity contribution in [1.82, 2.24) is 0 Å². The molecular formula is C12H12Cl3NO3. The summed E-state index contributed by atoms with van der Waals surface area (Å²) >= 11 is 17.6. The predicted molar refractivity (Wildman–Crippen MR) is 75.2 cm³/mol. The number of nitrogens with two attached hydrogens (primary N) is 1. The third-order valence-corrected chi connectivity index (χ3v) is 4.16. The number of benzene rings is 1. The Morgan fingerprint density at radius 1 is 1.53 bits per heavy atom. The Kier molecular flexibility index (Phi) is 4.04. The highest BCUT2D eigenvalue weighted by Gasteiger charge is 2.52. The van der Waals surface area contributed by atoms with E-state index >= 15 is 0 Å². The van der Waals surface area contributed by atoms with Gasteiger partial charge in [-0.3, -0.25) is 0 Å². The van der Waals surface area contributed by atoms with Gasteiger partial charge in [0.05, 0.1) is 24.4 Å². The number of rotatable bonds is 4. The maximum Gasteiger partial charge on any atom is 0.341 e. The normalized spacial score (nSPS) is 19.9. The van der Waals surface area contributed by atoms with Crippen molar-refractivity contribution >= 4 is 46.5 Å². The van der Waals surface area contributed by atoms with E-state index < -0.39 is 10.3 Å². The van der Waals surface area contributed by atoms with Crippen LogP contribution in [-0.4, -0.2) is 24.0 Å². The summed E-state index contributed by atoms with van der Waals surface area (Å²) in [5.41, 5.74) is 6.18. The number of hydrogen-bond acceptors (Lipinski definition) is 4. The van der Waals surface area contributed by atoms with E-state index in [1.54, 1.807) is 0 Å². The molecule has 0 spiro atoms. The number of halogens is 3. The number of carbonyl (C=O) groups excluding carboxylic acids is 1. The lowest BCUT2D eigenvalue weighted by Gasteiger charge is -2.10. The van der Waals surface area contributed by atoms with Crippen LogP contribution >= 0.6 is 34.8 Å². The van der Waals surface area contributed by atoms with Crippen molar-refractivity contribution in [1.29, 1.82) is 0 Å². The van der Waals surface area contributed by atoms with Crippen LogP contribution in [0.4, 0.5) is 5.69 Å². The first-order valence-corrected chi connectivity index (χ1v) is 6.66. The molecule has 0 heterocycles. The molecule has 1 aromatic carbocycles. The second kappa shape index (κ2) is 5.27. The van der Waals surface area contributed by atoms with Gasteiger partial charge in [-0.2, -0.15) is 0 Å². The van der Waals surface area contributed by atoms with Crippen molar-refractivity contribution in [3.63, 3.8) is 0 Å². The largest absolute Gasteiger partial charge is 0.496 e. The van der Waals surface area contributed by atoms with Crippen LogP contribution in [0.25, 0.3) is 0 Å². The second-order valence-corrected chi connectivity index (χ2v) is 6.28. The topological polar surface area (TPSA) is 61.5 Å². The van der Waals surface area contributed by atoms with Crippen LogP contribution in [-0.2, 0) is 4.74 Å². The summed E-state index contributed by atoms with van der Waals surface area (Å²) in [6.45, 7) is 0.164. The molecular weight excluding hydrogens is 312 g/mol. The Hall–Kier alpha value is -0.840. The first kappa shape index (κ1) is 14.6. The average Bonchev–Trinajstić information content (AvgIpc) is 2.97. The highest BCUT2D eigenvalue weighted by Crippen LogP contribution is 2.53. The van der Waals surface area contributed by atoms with Gasteiger partial charge in [-0.25, -0.2) is 4.79 Å². The molecule has 1 saturated carbocycles. The van der Waals surface area contributed by atoms with Crippen LogP contribution in [0.15, 0.2) is 12.1 Å². The van der Waals surface area contributed by atoms with E-state index in [-0.39, 0.29) is 23.1 Å². The third-order valence-electron chi connectivity index (χ3n) is 2.91. The molecule has 1 unspecified atom stereocenters. The Morgan fingerprint density at radius 3 is 2.68 bits per heavy atom. The molecule has 0 bridgehead atoms. The smallest absolute Gasteiger partial charge is 0.341 e. The van der Waals surface area contributed by atoms with Crippen molar-refractivity contribution in [2.75, 3.05) is 19.5 Å². The van der Waals surface area contributed by atoms with Gasteiger partial charge in [-0.05, 0) is 12.5 Å². The molecule has 0 amide bonds. The van der Waals surface area contributed by atoms with E-state index in [1.165, 1.54) is 19.2 Å². The number of methoxy groups -OCH3 is 1. The van der Waals surface area contributed by atoms with Gasteiger partial charge in [0.15, 0.2) is 0 Å². The molecule has 0 aromatic heterocycles. The van der Waals surface area contributed by atoms with E-state index in [0.29, 0.717) is 17.9 Å². The lowest BCUT2D eigenvalue weighted by atomic mass is 10.2. The van der Waals surface area contributed by atoms with Gasteiger partial charge in [0.25, 0.3) is 0 Å². The number of hydrogen-bond donors (Lipinski definition) is 1. The minimum Gasteiger partial charge on any atom is -0.496 e. The van der Waals surface area contributed by atoms with Crippen LogP contribution in [0.1, 0.15) is 16.8 Å². The van der Waals surface area contributed by atoms with Crippen LogP contribution < -0.4 is 10.5 Å². The van der Waals surface area contributed by atoms with Crippen LogP contribution in [0.2, 0.25) is 5.02 Å². The number of ether oxygens (including phenoxy) is 2. The summed E-state index contributed by atoms with van der Waals surface area (Å²) in [6, 6.07) is 2.89. The van der Waals surface area contributed by atoms with Gasteiger partial charge in [0, 0.05) is 12.0 Å². The zero-order chi connectivity index (χ0) is 14.2. The molecule has 7 heteroatoms.